The number of thiophene rings is 1. The Kier molecular flexibility index (Phi) is 8.10. The Morgan fingerprint density at radius 3 is 2.34 bits per heavy atom. The van der Waals surface area contributed by atoms with Crippen LogP contribution in [0.15, 0.2) is 70.3 Å². The minimum absolute atomic E-state index is 0.245. The van der Waals surface area contributed by atoms with E-state index in [1.807, 2.05) is 12.1 Å². The number of esters is 1. The minimum Gasteiger partial charge on any atom is -0.482 e. The van der Waals surface area contributed by atoms with Crippen LogP contribution < -0.4 is 14.4 Å². The van der Waals surface area contributed by atoms with E-state index in [0.29, 0.717) is 17.1 Å². The Balaban J connectivity index is 1.46. The largest absolute Gasteiger partial charge is 0.482 e. The molecule has 168 valence electrons. The van der Waals surface area contributed by atoms with Gasteiger partial charge < -0.3 is 14.8 Å². The van der Waals surface area contributed by atoms with Gasteiger partial charge in [0.2, 0.25) is 0 Å². The zero-order chi connectivity index (χ0) is 23.1. The van der Waals surface area contributed by atoms with Gasteiger partial charge in [0.05, 0.1) is 5.69 Å². The Morgan fingerprint density at radius 2 is 1.72 bits per heavy atom. The SMILES string of the molecule is CN(c1ccc(OCC(=O)OCC(=O)Nc2ccc(I)cc2)cc1)S(=O)(=O)c1cccs1. The van der Waals surface area contributed by atoms with Crippen LogP contribution in [-0.4, -0.2) is 40.6 Å². The van der Waals surface area contributed by atoms with Crippen molar-refractivity contribution in [2.45, 2.75) is 4.21 Å². The number of hydrogen-bond acceptors (Lipinski definition) is 7. The van der Waals surface area contributed by atoms with Crippen molar-refractivity contribution in [3.8, 4) is 5.75 Å². The van der Waals surface area contributed by atoms with Crippen molar-refractivity contribution in [2.24, 2.45) is 0 Å². The Hall–Kier alpha value is -2.64. The molecule has 0 aliphatic rings. The summed E-state index contributed by atoms with van der Waals surface area (Å²) < 4.78 is 37.8. The Morgan fingerprint density at radius 1 is 1.03 bits per heavy atom. The second-order valence-electron chi connectivity index (χ2n) is 6.40. The zero-order valence-corrected chi connectivity index (χ0v) is 20.6. The van der Waals surface area contributed by atoms with Gasteiger partial charge >= 0.3 is 5.97 Å². The van der Waals surface area contributed by atoms with Crippen molar-refractivity contribution in [2.75, 3.05) is 29.9 Å². The fourth-order valence-electron chi connectivity index (χ4n) is 2.50. The lowest BCUT2D eigenvalue weighted by Gasteiger charge is -2.18. The Labute approximate surface area is 203 Å². The number of sulfonamides is 1. The molecule has 0 spiro atoms. The highest BCUT2D eigenvalue weighted by atomic mass is 127. The molecule has 0 aliphatic carbocycles. The summed E-state index contributed by atoms with van der Waals surface area (Å²) in [7, 11) is -2.17. The first-order valence-electron chi connectivity index (χ1n) is 9.22. The van der Waals surface area contributed by atoms with Gasteiger partial charge in [0.1, 0.15) is 9.96 Å². The molecule has 0 saturated carbocycles. The topological polar surface area (TPSA) is 102 Å². The van der Waals surface area contributed by atoms with Gasteiger partial charge in [-0.25, -0.2) is 13.2 Å². The molecule has 3 aromatic rings. The first kappa shape index (κ1) is 24.0. The normalized spacial score (nSPS) is 10.9. The summed E-state index contributed by atoms with van der Waals surface area (Å²) in [6.45, 7) is -0.821. The maximum Gasteiger partial charge on any atom is 0.344 e. The number of carbonyl (C=O) groups excluding carboxylic acids is 2. The van der Waals surface area contributed by atoms with E-state index >= 15 is 0 Å². The van der Waals surface area contributed by atoms with Crippen molar-refractivity contribution in [1.29, 1.82) is 0 Å². The highest BCUT2D eigenvalue weighted by molar-refractivity contribution is 14.1. The summed E-state index contributed by atoms with van der Waals surface area (Å²) in [5.41, 5.74) is 1.05. The van der Waals surface area contributed by atoms with Crippen molar-refractivity contribution in [1.82, 2.24) is 0 Å². The lowest BCUT2D eigenvalue weighted by molar-refractivity contribution is -0.149. The average molecular weight is 586 g/mol. The summed E-state index contributed by atoms with van der Waals surface area (Å²) in [6, 6.07) is 16.6. The predicted molar refractivity (Wildman–Crippen MR) is 131 cm³/mol. The standard InChI is InChI=1S/C21H19IN2O6S2/c1-24(32(27,28)21-3-2-12-31-21)17-8-10-18(11-9-17)29-14-20(26)30-13-19(25)23-16-6-4-15(22)5-7-16/h2-12H,13-14H2,1H3,(H,23,25). The summed E-state index contributed by atoms with van der Waals surface area (Å²) >= 11 is 3.30. The molecular formula is C21H19IN2O6S2. The van der Waals surface area contributed by atoms with E-state index in [-0.39, 0.29) is 10.8 Å². The van der Waals surface area contributed by atoms with Crippen LogP contribution in [0.5, 0.6) is 5.75 Å². The third-order valence-corrected chi connectivity index (χ3v) is 8.04. The number of carbonyl (C=O) groups is 2. The molecule has 0 unspecified atom stereocenters. The monoisotopic (exact) mass is 586 g/mol. The summed E-state index contributed by atoms with van der Waals surface area (Å²) in [4.78, 5) is 23.7. The van der Waals surface area contributed by atoms with E-state index in [0.717, 1.165) is 14.9 Å². The van der Waals surface area contributed by atoms with E-state index in [1.54, 1.807) is 53.9 Å². The molecule has 32 heavy (non-hydrogen) atoms. The van der Waals surface area contributed by atoms with Gasteiger partial charge in [-0.05, 0) is 82.6 Å². The quantitative estimate of drug-likeness (QED) is 0.303. The lowest BCUT2D eigenvalue weighted by atomic mass is 10.3. The van der Waals surface area contributed by atoms with Crippen molar-refractivity contribution in [3.63, 3.8) is 0 Å². The van der Waals surface area contributed by atoms with Crippen LogP contribution in [-0.2, 0) is 24.3 Å². The molecule has 0 radical (unpaired) electrons. The van der Waals surface area contributed by atoms with Crippen LogP contribution in [0.25, 0.3) is 0 Å². The maximum atomic E-state index is 12.6. The number of ether oxygens (including phenoxy) is 2. The van der Waals surface area contributed by atoms with E-state index < -0.39 is 28.5 Å². The average Bonchev–Trinajstić information content (AvgIpc) is 3.34. The van der Waals surface area contributed by atoms with Crippen LogP contribution in [0.4, 0.5) is 11.4 Å². The second kappa shape index (κ2) is 10.8. The molecule has 0 fully saturated rings. The molecule has 0 bridgehead atoms. The van der Waals surface area contributed by atoms with E-state index in [1.165, 1.54) is 11.4 Å². The van der Waals surface area contributed by atoms with E-state index in [9.17, 15) is 18.0 Å². The Bertz CT molecular complexity index is 1160. The summed E-state index contributed by atoms with van der Waals surface area (Å²) in [6.07, 6.45) is 0. The minimum atomic E-state index is -3.63. The van der Waals surface area contributed by atoms with Crippen molar-refractivity contribution < 1.29 is 27.5 Å². The van der Waals surface area contributed by atoms with Crippen LogP contribution in [0.3, 0.4) is 0 Å². The molecular weight excluding hydrogens is 567 g/mol. The van der Waals surface area contributed by atoms with Crippen molar-refractivity contribution >= 4 is 67.2 Å². The third-order valence-electron chi connectivity index (χ3n) is 4.16. The molecule has 1 heterocycles. The molecule has 0 saturated heterocycles. The van der Waals surface area contributed by atoms with E-state index in [2.05, 4.69) is 27.9 Å². The maximum absolute atomic E-state index is 12.6. The fourth-order valence-corrected chi connectivity index (χ4v) is 5.21. The number of hydrogen-bond donors (Lipinski definition) is 1. The first-order valence-corrected chi connectivity index (χ1v) is 12.6. The van der Waals surface area contributed by atoms with Crippen LogP contribution in [0.2, 0.25) is 0 Å². The number of nitrogens with zero attached hydrogens (tertiary/aromatic N) is 1. The van der Waals surface area contributed by atoms with Crippen LogP contribution in [0, 0.1) is 3.57 Å². The number of nitrogens with one attached hydrogen (secondary N) is 1. The molecule has 11 heteroatoms. The molecule has 0 atom stereocenters. The summed E-state index contributed by atoms with van der Waals surface area (Å²) in [5.74, 6) is -0.806. The van der Waals surface area contributed by atoms with E-state index in [4.69, 9.17) is 9.47 Å². The molecule has 3 rings (SSSR count). The first-order chi connectivity index (χ1) is 15.3. The highest BCUT2D eigenvalue weighted by Crippen LogP contribution is 2.26. The van der Waals surface area contributed by atoms with Gasteiger partial charge in [-0.3, -0.25) is 9.10 Å². The number of halogens is 1. The highest BCUT2D eigenvalue weighted by Gasteiger charge is 2.22. The number of anilines is 2. The third kappa shape index (κ3) is 6.43. The van der Waals surface area contributed by atoms with Gasteiger partial charge in [-0.15, -0.1) is 11.3 Å². The molecule has 1 N–H and O–H groups in total. The molecule has 2 aromatic carbocycles. The fraction of sp³-hybridized carbons (Fsp3) is 0.143. The molecule has 1 aromatic heterocycles. The zero-order valence-electron chi connectivity index (χ0n) is 16.9. The number of benzene rings is 2. The second-order valence-corrected chi connectivity index (χ2v) is 10.8. The van der Waals surface area contributed by atoms with Gasteiger partial charge in [0.15, 0.2) is 13.2 Å². The smallest absolute Gasteiger partial charge is 0.344 e. The van der Waals surface area contributed by atoms with Gasteiger partial charge in [0, 0.05) is 16.3 Å². The summed E-state index contributed by atoms with van der Waals surface area (Å²) in [5, 5.41) is 4.32. The number of amides is 1. The predicted octanol–water partition coefficient (Wildman–Crippen LogP) is 3.74. The lowest BCUT2D eigenvalue weighted by Crippen LogP contribution is -2.25. The molecule has 1 amide bonds. The van der Waals surface area contributed by atoms with Gasteiger partial charge in [-0.2, -0.15) is 0 Å². The molecule has 0 aliphatic heterocycles. The van der Waals surface area contributed by atoms with Crippen LogP contribution in [0.1, 0.15) is 0 Å². The molecule has 8 nitrogen and oxygen atoms in total. The van der Waals surface area contributed by atoms with Gasteiger partial charge in [0.25, 0.3) is 15.9 Å². The van der Waals surface area contributed by atoms with Crippen molar-refractivity contribution in [3.05, 3.63) is 69.6 Å². The van der Waals surface area contributed by atoms with Gasteiger partial charge in [-0.1, -0.05) is 6.07 Å². The number of rotatable bonds is 9. The van der Waals surface area contributed by atoms with Crippen LogP contribution >= 0.6 is 33.9 Å².